The predicted octanol–water partition coefficient (Wildman–Crippen LogP) is 3.43. The molecule has 0 spiro atoms. The third-order valence-corrected chi connectivity index (χ3v) is 4.79. The fraction of sp³-hybridized carbons (Fsp3) is 0.350. The molecule has 3 rings (SSSR count). The second kappa shape index (κ2) is 7.05. The van der Waals surface area contributed by atoms with Gasteiger partial charge in [0.25, 0.3) is 5.91 Å². The molecule has 2 atom stereocenters. The molecule has 2 N–H and O–H groups in total. The van der Waals surface area contributed by atoms with Crippen molar-refractivity contribution in [3.05, 3.63) is 65.2 Å². The van der Waals surface area contributed by atoms with Crippen molar-refractivity contribution in [3.8, 4) is 5.75 Å². The van der Waals surface area contributed by atoms with Gasteiger partial charge in [0.1, 0.15) is 5.75 Å². The van der Waals surface area contributed by atoms with Crippen LogP contribution in [0.3, 0.4) is 0 Å². The molecule has 2 aromatic rings. The van der Waals surface area contributed by atoms with Crippen LogP contribution in [-0.4, -0.2) is 33.6 Å². The number of benzene rings is 2. The Labute approximate surface area is 142 Å². The van der Waals surface area contributed by atoms with Crippen LogP contribution in [0, 0.1) is 6.92 Å². The number of amides is 1. The molecule has 0 aromatic heterocycles. The van der Waals surface area contributed by atoms with Gasteiger partial charge >= 0.3 is 0 Å². The van der Waals surface area contributed by atoms with Crippen LogP contribution in [0.15, 0.2) is 48.5 Å². The number of hydrogen-bond acceptors (Lipinski definition) is 3. The number of hydrogen-bond donors (Lipinski definition) is 2. The van der Waals surface area contributed by atoms with Crippen molar-refractivity contribution in [3.63, 3.8) is 0 Å². The standard InChI is InChI=1S/C20H23NO3/c1-14-7-5-11-17(19(14)23)20(24)21-12-6-10-16(21)13-18(22)15-8-3-2-4-9-15/h2-5,7-9,11,16,18,22-23H,6,10,12-13H2,1H3. The van der Waals surface area contributed by atoms with E-state index in [0.717, 1.165) is 18.4 Å². The number of rotatable bonds is 4. The summed E-state index contributed by atoms with van der Waals surface area (Å²) in [6.07, 6.45) is 1.73. The summed E-state index contributed by atoms with van der Waals surface area (Å²) < 4.78 is 0. The second-order valence-electron chi connectivity index (χ2n) is 6.43. The third kappa shape index (κ3) is 3.29. The second-order valence-corrected chi connectivity index (χ2v) is 6.43. The van der Waals surface area contributed by atoms with Gasteiger partial charge in [-0.3, -0.25) is 4.79 Å². The van der Waals surface area contributed by atoms with E-state index in [1.165, 1.54) is 0 Å². The van der Waals surface area contributed by atoms with Crippen molar-refractivity contribution in [1.82, 2.24) is 4.90 Å². The molecule has 1 heterocycles. The van der Waals surface area contributed by atoms with Gasteiger partial charge in [-0.15, -0.1) is 0 Å². The minimum absolute atomic E-state index is 0.00683. The first-order valence-electron chi connectivity index (χ1n) is 8.40. The van der Waals surface area contributed by atoms with Gasteiger partial charge in [0, 0.05) is 12.6 Å². The van der Waals surface area contributed by atoms with Gasteiger partial charge in [0.15, 0.2) is 0 Å². The zero-order chi connectivity index (χ0) is 17.1. The number of aromatic hydroxyl groups is 1. The maximum absolute atomic E-state index is 12.8. The predicted molar refractivity (Wildman–Crippen MR) is 92.9 cm³/mol. The smallest absolute Gasteiger partial charge is 0.257 e. The number of para-hydroxylation sites is 1. The molecule has 2 aromatic carbocycles. The lowest BCUT2D eigenvalue weighted by molar-refractivity contribution is 0.0664. The normalized spacial score (nSPS) is 18.6. The number of likely N-dealkylation sites (tertiary alicyclic amines) is 1. The molecule has 0 aliphatic carbocycles. The highest BCUT2D eigenvalue weighted by molar-refractivity contribution is 5.97. The van der Waals surface area contributed by atoms with Crippen LogP contribution >= 0.6 is 0 Å². The number of phenols is 1. The Kier molecular flexibility index (Phi) is 4.86. The highest BCUT2D eigenvalue weighted by Gasteiger charge is 2.32. The monoisotopic (exact) mass is 325 g/mol. The molecule has 1 fully saturated rings. The quantitative estimate of drug-likeness (QED) is 0.905. The first-order chi connectivity index (χ1) is 11.6. The molecule has 0 bridgehead atoms. The van der Waals surface area contributed by atoms with Crippen LogP contribution in [0.4, 0.5) is 0 Å². The molecule has 2 unspecified atom stereocenters. The zero-order valence-electron chi connectivity index (χ0n) is 13.9. The molecule has 0 saturated carbocycles. The van der Waals surface area contributed by atoms with Crippen LogP contribution in [0.2, 0.25) is 0 Å². The number of phenolic OH excluding ortho intramolecular Hbond substituents is 1. The maximum Gasteiger partial charge on any atom is 0.257 e. The van der Waals surface area contributed by atoms with E-state index in [1.54, 1.807) is 30.0 Å². The summed E-state index contributed by atoms with van der Waals surface area (Å²) in [7, 11) is 0. The van der Waals surface area contributed by atoms with Gasteiger partial charge in [-0.2, -0.15) is 0 Å². The highest BCUT2D eigenvalue weighted by Crippen LogP contribution is 2.31. The Morgan fingerprint density at radius 2 is 1.96 bits per heavy atom. The molecule has 1 saturated heterocycles. The molecule has 4 heteroatoms. The number of aliphatic hydroxyl groups excluding tert-OH is 1. The van der Waals surface area contributed by atoms with Crippen molar-refractivity contribution in [2.45, 2.75) is 38.3 Å². The maximum atomic E-state index is 12.8. The van der Waals surface area contributed by atoms with Crippen molar-refractivity contribution in [1.29, 1.82) is 0 Å². The van der Waals surface area contributed by atoms with E-state index in [2.05, 4.69) is 0 Å². The molecular weight excluding hydrogens is 302 g/mol. The van der Waals surface area contributed by atoms with Crippen molar-refractivity contribution in [2.75, 3.05) is 6.54 Å². The fourth-order valence-electron chi connectivity index (χ4n) is 3.40. The molecule has 0 radical (unpaired) electrons. The average Bonchev–Trinajstić information content (AvgIpc) is 3.05. The van der Waals surface area contributed by atoms with E-state index >= 15 is 0 Å². The lowest BCUT2D eigenvalue weighted by Crippen LogP contribution is -2.36. The van der Waals surface area contributed by atoms with E-state index in [4.69, 9.17) is 0 Å². The van der Waals surface area contributed by atoms with Crippen molar-refractivity contribution in [2.24, 2.45) is 0 Å². The van der Waals surface area contributed by atoms with Crippen molar-refractivity contribution < 1.29 is 15.0 Å². The van der Waals surface area contributed by atoms with Gasteiger partial charge < -0.3 is 15.1 Å². The lowest BCUT2D eigenvalue weighted by Gasteiger charge is -2.27. The Hall–Kier alpha value is -2.33. The number of aryl methyl sites for hydroxylation is 1. The molecule has 24 heavy (non-hydrogen) atoms. The summed E-state index contributed by atoms with van der Waals surface area (Å²) in [5.41, 5.74) is 1.91. The lowest BCUT2D eigenvalue weighted by atomic mass is 10.00. The van der Waals surface area contributed by atoms with Crippen LogP contribution in [0.25, 0.3) is 0 Å². The highest BCUT2D eigenvalue weighted by atomic mass is 16.3. The number of nitrogens with zero attached hydrogens (tertiary/aromatic N) is 1. The van der Waals surface area contributed by atoms with Crippen LogP contribution in [0.5, 0.6) is 5.75 Å². The van der Waals surface area contributed by atoms with Gasteiger partial charge in [-0.25, -0.2) is 0 Å². The minimum atomic E-state index is -0.587. The van der Waals surface area contributed by atoms with E-state index in [9.17, 15) is 15.0 Å². The summed E-state index contributed by atoms with van der Waals surface area (Å²) in [5.74, 6) is -0.101. The van der Waals surface area contributed by atoms with Crippen LogP contribution < -0.4 is 0 Å². The first kappa shape index (κ1) is 16.5. The van der Waals surface area contributed by atoms with Gasteiger partial charge in [0.05, 0.1) is 11.7 Å². The first-order valence-corrected chi connectivity index (χ1v) is 8.40. The van der Waals surface area contributed by atoms with Crippen LogP contribution in [0.1, 0.15) is 46.9 Å². The molecule has 4 nitrogen and oxygen atoms in total. The summed E-state index contributed by atoms with van der Waals surface area (Å²) in [4.78, 5) is 14.6. The summed E-state index contributed by atoms with van der Waals surface area (Å²) >= 11 is 0. The average molecular weight is 325 g/mol. The van der Waals surface area contributed by atoms with Gasteiger partial charge in [0.2, 0.25) is 0 Å². The van der Waals surface area contributed by atoms with E-state index < -0.39 is 6.10 Å². The molecule has 1 aliphatic rings. The topological polar surface area (TPSA) is 60.8 Å². The fourth-order valence-corrected chi connectivity index (χ4v) is 3.40. The Bertz CT molecular complexity index is 714. The minimum Gasteiger partial charge on any atom is -0.507 e. The SMILES string of the molecule is Cc1cccc(C(=O)N2CCCC2CC(O)c2ccccc2)c1O. The van der Waals surface area contributed by atoms with Crippen molar-refractivity contribution >= 4 is 5.91 Å². The number of aliphatic hydroxyl groups is 1. The Morgan fingerprint density at radius 3 is 2.71 bits per heavy atom. The van der Waals surface area contributed by atoms with Crippen LogP contribution in [-0.2, 0) is 0 Å². The zero-order valence-corrected chi connectivity index (χ0v) is 13.9. The van der Waals surface area contributed by atoms with E-state index in [-0.39, 0.29) is 17.7 Å². The molecule has 1 aliphatic heterocycles. The molecular formula is C20H23NO3. The Balaban J connectivity index is 1.76. The van der Waals surface area contributed by atoms with Gasteiger partial charge in [-0.05, 0) is 43.4 Å². The number of carbonyl (C=O) groups is 1. The summed E-state index contributed by atoms with van der Waals surface area (Å²) in [6, 6.07) is 14.7. The molecule has 126 valence electrons. The number of carbonyl (C=O) groups excluding carboxylic acids is 1. The largest absolute Gasteiger partial charge is 0.507 e. The summed E-state index contributed by atoms with van der Waals surface area (Å²) in [5, 5.41) is 20.6. The van der Waals surface area contributed by atoms with Gasteiger partial charge in [-0.1, -0.05) is 42.5 Å². The van der Waals surface area contributed by atoms with E-state index in [0.29, 0.717) is 24.1 Å². The summed E-state index contributed by atoms with van der Waals surface area (Å²) in [6.45, 7) is 2.45. The Morgan fingerprint density at radius 1 is 1.21 bits per heavy atom. The molecule has 1 amide bonds. The van der Waals surface area contributed by atoms with E-state index in [1.807, 2.05) is 30.3 Å². The third-order valence-electron chi connectivity index (χ3n) is 4.79.